The molecule has 0 bridgehead atoms. The fraction of sp³-hybridized carbons (Fsp3) is 0.529. The minimum atomic E-state index is -0.0314. The molecule has 0 spiro atoms. The molecule has 1 aliphatic carbocycles. The Hall–Kier alpha value is -1.33. The normalized spacial score (nSPS) is 15.0. The van der Waals surface area contributed by atoms with Gasteiger partial charge in [0, 0.05) is 17.1 Å². The third-order valence-electron chi connectivity index (χ3n) is 4.14. The van der Waals surface area contributed by atoms with Crippen LogP contribution in [-0.4, -0.2) is 11.0 Å². The molecular formula is C17H24ClN3OS. The summed E-state index contributed by atoms with van der Waals surface area (Å²) >= 11 is 11.0. The molecule has 1 amide bonds. The number of carbonyl (C=O) groups is 1. The van der Waals surface area contributed by atoms with Gasteiger partial charge >= 0.3 is 0 Å². The molecule has 1 aliphatic rings. The summed E-state index contributed by atoms with van der Waals surface area (Å²) < 4.78 is 0. The standard InChI is InChI=1S/C17H24ClN3OS/c18-14-9-5-10-15(12-14)19-17(23)21-20-16(22)11-4-8-13-6-2-1-3-7-13/h5,9-10,12-13H,1-4,6-8,11H2,(H,20,22)(H2,19,21,23). The van der Waals surface area contributed by atoms with Crippen molar-refractivity contribution in [1.29, 1.82) is 0 Å². The molecule has 0 saturated heterocycles. The number of anilines is 1. The van der Waals surface area contributed by atoms with Crippen molar-refractivity contribution >= 4 is 40.5 Å². The van der Waals surface area contributed by atoms with E-state index in [2.05, 4.69) is 16.2 Å². The highest BCUT2D eigenvalue weighted by atomic mass is 35.5. The first kappa shape index (κ1) is 18.0. The number of rotatable bonds is 5. The molecule has 2 rings (SSSR count). The number of carbonyl (C=O) groups excluding carboxylic acids is 1. The van der Waals surface area contributed by atoms with E-state index in [1.54, 1.807) is 12.1 Å². The van der Waals surface area contributed by atoms with Gasteiger partial charge in [0.05, 0.1) is 0 Å². The first-order valence-electron chi connectivity index (χ1n) is 8.25. The van der Waals surface area contributed by atoms with Crippen LogP contribution in [0.4, 0.5) is 5.69 Å². The second-order valence-corrected chi connectivity index (χ2v) is 6.88. The second-order valence-electron chi connectivity index (χ2n) is 6.03. The minimum absolute atomic E-state index is 0.0314. The second kappa shape index (κ2) is 9.73. The Morgan fingerprint density at radius 1 is 1.22 bits per heavy atom. The zero-order valence-electron chi connectivity index (χ0n) is 13.2. The van der Waals surface area contributed by atoms with Gasteiger partial charge in [-0.1, -0.05) is 49.8 Å². The van der Waals surface area contributed by atoms with Crippen molar-refractivity contribution in [3.63, 3.8) is 0 Å². The Bertz CT molecular complexity index is 532. The molecule has 0 heterocycles. The van der Waals surface area contributed by atoms with Crippen molar-refractivity contribution in [2.75, 3.05) is 5.32 Å². The summed E-state index contributed by atoms with van der Waals surface area (Å²) in [5, 5.41) is 3.94. The van der Waals surface area contributed by atoms with Crippen molar-refractivity contribution < 1.29 is 4.79 Å². The van der Waals surface area contributed by atoms with Gasteiger partial charge in [-0.2, -0.15) is 0 Å². The van der Waals surface area contributed by atoms with E-state index >= 15 is 0 Å². The maximum absolute atomic E-state index is 11.8. The van der Waals surface area contributed by atoms with Crippen LogP contribution in [0.15, 0.2) is 24.3 Å². The number of thiocarbonyl (C=S) groups is 1. The molecule has 0 aromatic heterocycles. The zero-order valence-corrected chi connectivity index (χ0v) is 14.8. The molecule has 3 N–H and O–H groups in total. The largest absolute Gasteiger partial charge is 0.331 e. The number of amides is 1. The topological polar surface area (TPSA) is 53.2 Å². The highest BCUT2D eigenvalue weighted by Crippen LogP contribution is 2.27. The van der Waals surface area contributed by atoms with E-state index in [4.69, 9.17) is 23.8 Å². The maximum atomic E-state index is 11.8. The van der Waals surface area contributed by atoms with Gasteiger partial charge in [-0.05, 0) is 49.2 Å². The van der Waals surface area contributed by atoms with Gasteiger partial charge in [-0.15, -0.1) is 0 Å². The summed E-state index contributed by atoms with van der Waals surface area (Å²) in [4.78, 5) is 11.8. The number of halogens is 1. The van der Waals surface area contributed by atoms with Crippen LogP contribution in [0.2, 0.25) is 5.02 Å². The van der Waals surface area contributed by atoms with Crippen LogP contribution >= 0.6 is 23.8 Å². The highest BCUT2D eigenvalue weighted by Gasteiger charge is 2.13. The molecule has 0 atom stereocenters. The van der Waals surface area contributed by atoms with Crippen LogP contribution < -0.4 is 16.2 Å². The lowest BCUT2D eigenvalue weighted by molar-refractivity contribution is -0.121. The smallest absolute Gasteiger partial charge is 0.238 e. The average Bonchev–Trinajstić information content (AvgIpc) is 2.54. The molecule has 0 aliphatic heterocycles. The number of nitrogens with one attached hydrogen (secondary N) is 3. The van der Waals surface area contributed by atoms with Gasteiger partial charge in [0.1, 0.15) is 0 Å². The van der Waals surface area contributed by atoms with Crippen LogP contribution in [0.5, 0.6) is 0 Å². The third kappa shape index (κ3) is 7.18. The average molecular weight is 354 g/mol. The van der Waals surface area contributed by atoms with Crippen molar-refractivity contribution in [3.05, 3.63) is 29.3 Å². The summed E-state index contributed by atoms with van der Waals surface area (Å²) in [5.74, 6) is 0.783. The quantitative estimate of drug-likeness (QED) is 0.542. The lowest BCUT2D eigenvalue weighted by Crippen LogP contribution is -2.43. The van der Waals surface area contributed by atoms with Crippen LogP contribution in [-0.2, 0) is 4.79 Å². The minimum Gasteiger partial charge on any atom is -0.331 e. The Morgan fingerprint density at radius 2 is 2.00 bits per heavy atom. The van der Waals surface area contributed by atoms with Crippen LogP contribution in [0.3, 0.4) is 0 Å². The van der Waals surface area contributed by atoms with E-state index in [1.165, 1.54) is 32.1 Å². The van der Waals surface area contributed by atoms with Crippen molar-refractivity contribution in [2.24, 2.45) is 5.92 Å². The molecule has 6 heteroatoms. The van der Waals surface area contributed by atoms with Crippen LogP contribution in [0.1, 0.15) is 51.4 Å². The van der Waals surface area contributed by atoms with Crippen molar-refractivity contribution in [3.8, 4) is 0 Å². The fourth-order valence-corrected chi connectivity index (χ4v) is 3.30. The fourth-order valence-electron chi connectivity index (χ4n) is 2.94. The number of hydrazine groups is 1. The molecule has 1 aromatic carbocycles. The van der Waals surface area contributed by atoms with Gasteiger partial charge in [0.2, 0.25) is 5.91 Å². The van der Waals surface area contributed by atoms with E-state index in [-0.39, 0.29) is 5.91 Å². The molecule has 1 fully saturated rings. The van der Waals surface area contributed by atoms with Crippen LogP contribution in [0, 0.1) is 5.92 Å². The van der Waals surface area contributed by atoms with Gasteiger partial charge in [0.25, 0.3) is 0 Å². The first-order chi connectivity index (χ1) is 11.1. The van der Waals surface area contributed by atoms with E-state index in [1.807, 2.05) is 12.1 Å². The third-order valence-corrected chi connectivity index (χ3v) is 4.58. The summed E-state index contributed by atoms with van der Waals surface area (Å²) in [7, 11) is 0. The van der Waals surface area contributed by atoms with Gasteiger partial charge in [-0.3, -0.25) is 15.6 Å². The van der Waals surface area contributed by atoms with E-state index in [0.29, 0.717) is 16.6 Å². The van der Waals surface area contributed by atoms with E-state index in [0.717, 1.165) is 24.4 Å². The Morgan fingerprint density at radius 3 is 2.74 bits per heavy atom. The molecule has 23 heavy (non-hydrogen) atoms. The van der Waals surface area contributed by atoms with Crippen molar-refractivity contribution in [1.82, 2.24) is 10.9 Å². The summed E-state index contributed by atoms with van der Waals surface area (Å²) in [6.07, 6.45) is 9.34. The summed E-state index contributed by atoms with van der Waals surface area (Å²) in [6, 6.07) is 7.24. The lowest BCUT2D eigenvalue weighted by Gasteiger charge is -2.21. The van der Waals surface area contributed by atoms with Crippen molar-refractivity contribution in [2.45, 2.75) is 51.4 Å². The Kier molecular flexibility index (Phi) is 7.62. The molecule has 0 radical (unpaired) electrons. The summed E-state index contributed by atoms with van der Waals surface area (Å²) in [6.45, 7) is 0. The summed E-state index contributed by atoms with van der Waals surface area (Å²) in [5.41, 5.74) is 6.13. The predicted octanol–water partition coefficient (Wildman–Crippen LogP) is 4.41. The van der Waals surface area contributed by atoms with Crippen LogP contribution in [0.25, 0.3) is 0 Å². The molecule has 126 valence electrons. The molecule has 1 saturated carbocycles. The monoisotopic (exact) mass is 353 g/mol. The SMILES string of the molecule is O=C(CCCC1CCCCC1)NNC(=S)Nc1cccc(Cl)c1. The Balaban J connectivity index is 1.59. The first-order valence-corrected chi connectivity index (χ1v) is 9.03. The van der Waals surface area contributed by atoms with E-state index in [9.17, 15) is 4.79 Å². The zero-order chi connectivity index (χ0) is 16.5. The Labute approximate surface area is 148 Å². The lowest BCUT2D eigenvalue weighted by atomic mass is 9.86. The number of hydrogen-bond acceptors (Lipinski definition) is 2. The molecule has 1 aromatic rings. The predicted molar refractivity (Wildman–Crippen MR) is 99.4 cm³/mol. The number of benzene rings is 1. The number of hydrogen-bond donors (Lipinski definition) is 3. The maximum Gasteiger partial charge on any atom is 0.238 e. The van der Waals surface area contributed by atoms with E-state index < -0.39 is 0 Å². The highest BCUT2D eigenvalue weighted by molar-refractivity contribution is 7.80. The van der Waals surface area contributed by atoms with Gasteiger partial charge in [-0.25, -0.2) is 0 Å². The molecule has 4 nitrogen and oxygen atoms in total. The van der Waals surface area contributed by atoms with Gasteiger partial charge < -0.3 is 5.32 Å². The molecule has 0 unspecified atom stereocenters. The van der Waals surface area contributed by atoms with Gasteiger partial charge in [0.15, 0.2) is 5.11 Å². The molecular weight excluding hydrogens is 330 g/mol.